The molecule has 7 heteroatoms. The van der Waals surface area contributed by atoms with E-state index in [1.807, 2.05) is 18.2 Å². The second-order valence-corrected chi connectivity index (χ2v) is 8.64. The van der Waals surface area contributed by atoms with Crippen LogP contribution < -0.4 is 5.32 Å². The number of carbonyl (C=O) groups excluding carboxylic acids is 1. The molecule has 0 spiro atoms. The lowest BCUT2D eigenvalue weighted by molar-refractivity contribution is 0.0898. The minimum Gasteiger partial charge on any atom is -0.347 e. The van der Waals surface area contributed by atoms with Gasteiger partial charge in [0.15, 0.2) is 0 Å². The lowest BCUT2D eigenvalue weighted by Gasteiger charge is -2.28. The summed E-state index contributed by atoms with van der Waals surface area (Å²) in [7, 11) is 0. The number of likely N-dealkylation sites (tertiary alicyclic amines) is 1. The maximum absolute atomic E-state index is 12.6. The Hall–Kier alpha value is -1.92. The standard InChI is InChI=1S/C20H24ClN5O/c21-16-4-1-3-13(7-16)9-25-10-14-8-18-23-24-19(26(18)12-15(14)11-25)20(27)22-17-5-2-6-17/h1,3-4,7,14-15,17H,2,5-6,8-12H2,(H,22,27)/t14-,15+/m1/s1. The average molecular weight is 386 g/mol. The van der Waals surface area contributed by atoms with Crippen LogP contribution in [0.2, 0.25) is 5.02 Å². The molecule has 1 N–H and O–H groups in total. The SMILES string of the molecule is O=C(NC1CCC1)c1nnc2n1C[C@@H]1CN(Cc3cccc(Cl)c3)C[C@H]1C2. The van der Waals surface area contributed by atoms with Crippen LogP contribution in [0.25, 0.3) is 0 Å². The molecule has 1 saturated carbocycles. The maximum atomic E-state index is 12.6. The Morgan fingerprint density at radius 1 is 1.19 bits per heavy atom. The molecule has 0 unspecified atom stereocenters. The van der Waals surface area contributed by atoms with Gasteiger partial charge in [-0.2, -0.15) is 0 Å². The minimum absolute atomic E-state index is 0.0642. The van der Waals surface area contributed by atoms with Gasteiger partial charge in [-0.15, -0.1) is 10.2 Å². The number of nitrogens with one attached hydrogen (secondary N) is 1. The van der Waals surface area contributed by atoms with Crippen LogP contribution in [0, 0.1) is 11.8 Å². The zero-order chi connectivity index (χ0) is 18.4. The zero-order valence-corrected chi connectivity index (χ0v) is 16.0. The molecule has 3 heterocycles. The Balaban J connectivity index is 1.26. The Morgan fingerprint density at radius 3 is 2.81 bits per heavy atom. The van der Waals surface area contributed by atoms with E-state index in [-0.39, 0.29) is 5.91 Å². The molecule has 6 nitrogen and oxygen atoms in total. The van der Waals surface area contributed by atoms with Crippen molar-refractivity contribution in [2.45, 2.75) is 44.8 Å². The van der Waals surface area contributed by atoms with Crippen LogP contribution >= 0.6 is 11.6 Å². The van der Waals surface area contributed by atoms with Crippen molar-refractivity contribution in [1.82, 2.24) is 25.0 Å². The monoisotopic (exact) mass is 385 g/mol. The van der Waals surface area contributed by atoms with Crippen LogP contribution in [-0.4, -0.2) is 44.7 Å². The summed E-state index contributed by atoms with van der Waals surface area (Å²) >= 11 is 6.12. The third-order valence-corrected chi connectivity index (χ3v) is 6.52. The van der Waals surface area contributed by atoms with Gasteiger partial charge in [0.1, 0.15) is 5.82 Å². The number of aromatic nitrogens is 3. The van der Waals surface area contributed by atoms with Crippen molar-refractivity contribution >= 4 is 17.5 Å². The minimum atomic E-state index is -0.0642. The highest BCUT2D eigenvalue weighted by Crippen LogP contribution is 2.33. The number of nitrogens with zero attached hydrogens (tertiary/aromatic N) is 4. The van der Waals surface area contributed by atoms with E-state index in [1.165, 1.54) is 12.0 Å². The Kier molecular flexibility index (Phi) is 4.40. The molecule has 1 saturated heterocycles. The molecule has 2 atom stereocenters. The van der Waals surface area contributed by atoms with Gasteiger partial charge in [0, 0.05) is 43.7 Å². The molecule has 142 valence electrons. The molecule has 2 aromatic rings. The molecular formula is C20H24ClN5O. The van der Waals surface area contributed by atoms with E-state index in [9.17, 15) is 4.79 Å². The van der Waals surface area contributed by atoms with E-state index in [1.54, 1.807) is 0 Å². The van der Waals surface area contributed by atoms with Gasteiger partial charge in [-0.1, -0.05) is 23.7 Å². The van der Waals surface area contributed by atoms with Crippen molar-refractivity contribution in [1.29, 1.82) is 0 Å². The molecule has 5 rings (SSSR count). The number of carbonyl (C=O) groups is 1. The van der Waals surface area contributed by atoms with Crippen LogP contribution in [0.4, 0.5) is 0 Å². The van der Waals surface area contributed by atoms with E-state index in [0.717, 1.165) is 56.3 Å². The zero-order valence-electron chi connectivity index (χ0n) is 15.3. The van der Waals surface area contributed by atoms with Gasteiger partial charge in [0.2, 0.25) is 5.82 Å². The number of benzene rings is 1. The first-order valence-corrected chi connectivity index (χ1v) is 10.2. The molecule has 1 amide bonds. The highest BCUT2D eigenvalue weighted by Gasteiger charge is 2.39. The third kappa shape index (κ3) is 3.36. The van der Waals surface area contributed by atoms with E-state index in [4.69, 9.17) is 11.6 Å². The fraction of sp³-hybridized carbons (Fsp3) is 0.550. The van der Waals surface area contributed by atoms with Gasteiger partial charge in [-0.3, -0.25) is 9.69 Å². The molecule has 2 fully saturated rings. The predicted octanol–water partition coefficient (Wildman–Crippen LogP) is 2.52. The van der Waals surface area contributed by atoms with Gasteiger partial charge >= 0.3 is 0 Å². The first kappa shape index (κ1) is 17.2. The molecule has 0 bridgehead atoms. The Bertz CT molecular complexity index is 862. The maximum Gasteiger partial charge on any atom is 0.289 e. The normalized spacial score (nSPS) is 24.9. The topological polar surface area (TPSA) is 63.1 Å². The third-order valence-electron chi connectivity index (χ3n) is 6.28. The van der Waals surface area contributed by atoms with Gasteiger partial charge in [0.05, 0.1) is 0 Å². The van der Waals surface area contributed by atoms with Gasteiger partial charge < -0.3 is 9.88 Å². The summed E-state index contributed by atoms with van der Waals surface area (Å²) < 4.78 is 2.05. The number of hydrogen-bond donors (Lipinski definition) is 1. The predicted molar refractivity (Wildman–Crippen MR) is 103 cm³/mol. The van der Waals surface area contributed by atoms with Gasteiger partial charge in [-0.05, 0) is 48.8 Å². The fourth-order valence-electron chi connectivity index (χ4n) is 4.61. The first-order chi connectivity index (χ1) is 13.2. The largest absolute Gasteiger partial charge is 0.347 e. The number of amides is 1. The van der Waals surface area contributed by atoms with Crippen LogP contribution in [0.5, 0.6) is 0 Å². The van der Waals surface area contributed by atoms with Crippen molar-refractivity contribution in [3.05, 3.63) is 46.5 Å². The van der Waals surface area contributed by atoms with E-state index < -0.39 is 0 Å². The van der Waals surface area contributed by atoms with Crippen LogP contribution in [0.1, 0.15) is 41.3 Å². The lowest BCUT2D eigenvalue weighted by atomic mass is 9.89. The van der Waals surface area contributed by atoms with Crippen LogP contribution in [-0.2, 0) is 19.5 Å². The molecule has 1 aliphatic carbocycles. The van der Waals surface area contributed by atoms with Crippen LogP contribution in [0.15, 0.2) is 24.3 Å². The van der Waals surface area contributed by atoms with Crippen molar-refractivity contribution in [3.8, 4) is 0 Å². The van der Waals surface area contributed by atoms with E-state index >= 15 is 0 Å². The van der Waals surface area contributed by atoms with Crippen molar-refractivity contribution in [2.24, 2.45) is 11.8 Å². The summed E-state index contributed by atoms with van der Waals surface area (Å²) in [5, 5.41) is 12.4. The molecule has 1 aromatic heterocycles. The smallest absolute Gasteiger partial charge is 0.289 e. The van der Waals surface area contributed by atoms with Crippen molar-refractivity contribution < 1.29 is 4.79 Å². The number of fused-ring (bicyclic) bond motifs is 2. The number of rotatable bonds is 4. The van der Waals surface area contributed by atoms with Gasteiger partial charge in [0.25, 0.3) is 5.91 Å². The number of halogens is 1. The van der Waals surface area contributed by atoms with E-state index in [2.05, 4.69) is 31.0 Å². The van der Waals surface area contributed by atoms with Gasteiger partial charge in [-0.25, -0.2) is 0 Å². The highest BCUT2D eigenvalue weighted by molar-refractivity contribution is 6.30. The molecule has 1 aromatic carbocycles. The summed E-state index contributed by atoms with van der Waals surface area (Å²) in [6.45, 7) is 3.86. The van der Waals surface area contributed by atoms with E-state index in [0.29, 0.717) is 23.7 Å². The average Bonchev–Trinajstić information content (AvgIpc) is 3.18. The summed E-state index contributed by atoms with van der Waals surface area (Å²) in [6, 6.07) is 8.42. The summed E-state index contributed by atoms with van der Waals surface area (Å²) in [6.07, 6.45) is 4.27. The highest BCUT2D eigenvalue weighted by atomic mass is 35.5. The van der Waals surface area contributed by atoms with Crippen molar-refractivity contribution in [3.63, 3.8) is 0 Å². The second kappa shape index (κ2) is 6.91. The number of hydrogen-bond acceptors (Lipinski definition) is 4. The van der Waals surface area contributed by atoms with Crippen LogP contribution in [0.3, 0.4) is 0 Å². The molecule has 3 aliphatic rings. The molecule has 0 radical (unpaired) electrons. The molecule has 2 aliphatic heterocycles. The lowest BCUT2D eigenvalue weighted by Crippen LogP contribution is -2.41. The summed E-state index contributed by atoms with van der Waals surface area (Å²) in [4.78, 5) is 15.0. The molecular weight excluding hydrogens is 362 g/mol. The Labute approximate surface area is 163 Å². The summed E-state index contributed by atoms with van der Waals surface area (Å²) in [5.74, 6) is 2.51. The summed E-state index contributed by atoms with van der Waals surface area (Å²) in [5.41, 5.74) is 1.25. The first-order valence-electron chi connectivity index (χ1n) is 9.85. The van der Waals surface area contributed by atoms with Crippen molar-refractivity contribution in [2.75, 3.05) is 13.1 Å². The molecule has 27 heavy (non-hydrogen) atoms. The second-order valence-electron chi connectivity index (χ2n) is 8.20. The quantitative estimate of drug-likeness (QED) is 0.878. The fourth-order valence-corrected chi connectivity index (χ4v) is 4.83. The Morgan fingerprint density at radius 2 is 2.04 bits per heavy atom.